The summed E-state index contributed by atoms with van der Waals surface area (Å²) < 4.78 is 29.5. The normalized spacial score (nSPS) is 10.5. The zero-order valence-electron chi connectivity index (χ0n) is 8.03. The lowest BCUT2D eigenvalue weighted by Gasteiger charge is -2.08. The molecule has 0 unspecified atom stereocenters. The Morgan fingerprint density at radius 3 is 2.60 bits per heavy atom. The number of pyridine rings is 1. The van der Waals surface area contributed by atoms with Crippen molar-refractivity contribution in [3.8, 4) is 5.75 Å². The summed E-state index contributed by atoms with van der Waals surface area (Å²) in [7, 11) is 1.19. The van der Waals surface area contributed by atoms with E-state index in [9.17, 15) is 18.9 Å². The average Bonchev–Trinajstić information content (AvgIpc) is 2.16. The van der Waals surface area contributed by atoms with E-state index in [-0.39, 0.29) is 11.3 Å². The summed E-state index contributed by atoms with van der Waals surface area (Å²) in [6, 6.07) is 0. The smallest absolute Gasteiger partial charge is 0.329 e. The number of alkyl halides is 2. The van der Waals surface area contributed by atoms with Crippen LogP contribution in [0.3, 0.4) is 0 Å². The molecule has 0 spiro atoms. The van der Waals surface area contributed by atoms with Crippen molar-refractivity contribution in [1.29, 1.82) is 0 Å². The fourth-order valence-corrected chi connectivity index (χ4v) is 1.20. The van der Waals surface area contributed by atoms with Gasteiger partial charge in [0.2, 0.25) is 5.75 Å². The zero-order valence-corrected chi connectivity index (χ0v) is 8.03. The summed E-state index contributed by atoms with van der Waals surface area (Å²) in [5.41, 5.74) is -0.932. The van der Waals surface area contributed by atoms with E-state index in [2.05, 4.69) is 4.98 Å². The van der Waals surface area contributed by atoms with Crippen LogP contribution in [0, 0.1) is 17.0 Å². The van der Waals surface area contributed by atoms with Crippen molar-refractivity contribution in [2.24, 2.45) is 0 Å². The van der Waals surface area contributed by atoms with Gasteiger partial charge in [-0.25, -0.2) is 13.8 Å². The van der Waals surface area contributed by atoms with Gasteiger partial charge < -0.3 is 4.74 Å². The molecule has 0 radical (unpaired) electrons. The minimum Gasteiger partial charge on any atom is -0.490 e. The van der Waals surface area contributed by atoms with Gasteiger partial charge in [0.1, 0.15) is 11.9 Å². The third kappa shape index (κ3) is 2.00. The maximum atomic E-state index is 12.4. The number of hydrogen-bond donors (Lipinski definition) is 0. The number of rotatable bonds is 3. The Morgan fingerprint density at radius 2 is 2.20 bits per heavy atom. The molecule has 0 aliphatic heterocycles. The zero-order chi connectivity index (χ0) is 11.6. The SMILES string of the molecule is COc1c([N+](=O)[O-])cnc(C(F)F)c1C. The minimum absolute atomic E-state index is 0.0123. The Labute approximate surface area is 83.8 Å². The molecule has 0 aliphatic carbocycles. The van der Waals surface area contributed by atoms with Crippen molar-refractivity contribution >= 4 is 5.69 Å². The number of hydrogen-bond acceptors (Lipinski definition) is 4. The largest absolute Gasteiger partial charge is 0.490 e. The molecule has 5 nitrogen and oxygen atoms in total. The first kappa shape index (κ1) is 11.3. The highest BCUT2D eigenvalue weighted by Crippen LogP contribution is 2.34. The molecule has 1 aromatic heterocycles. The number of methoxy groups -OCH3 is 1. The standard InChI is InChI=1S/C8H8F2N2O3/c1-4-6(8(9)10)11-3-5(12(13)14)7(4)15-2/h3,8H,1-2H3. The molecule has 0 N–H and O–H groups in total. The highest BCUT2D eigenvalue weighted by Gasteiger charge is 2.24. The molecule has 7 heteroatoms. The first-order chi connectivity index (χ1) is 6.99. The molecule has 1 heterocycles. The van der Waals surface area contributed by atoms with Crippen LogP contribution in [0.5, 0.6) is 5.75 Å². The minimum atomic E-state index is -2.78. The molecule has 0 saturated heterocycles. The van der Waals surface area contributed by atoms with Crippen LogP contribution in [0.25, 0.3) is 0 Å². The van der Waals surface area contributed by atoms with Gasteiger partial charge in [0.05, 0.1) is 12.0 Å². The van der Waals surface area contributed by atoms with Crippen LogP contribution in [0.15, 0.2) is 6.20 Å². The monoisotopic (exact) mass is 218 g/mol. The van der Waals surface area contributed by atoms with E-state index in [1.165, 1.54) is 14.0 Å². The Kier molecular flexibility index (Phi) is 3.13. The maximum Gasteiger partial charge on any atom is 0.329 e. The molecule has 82 valence electrons. The third-order valence-electron chi connectivity index (χ3n) is 1.89. The van der Waals surface area contributed by atoms with Gasteiger partial charge in [-0.3, -0.25) is 10.1 Å². The van der Waals surface area contributed by atoms with Gasteiger partial charge in [0.25, 0.3) is 6.43 Å². The molecule has 0 fully saturated rings. The second-order valence-corrected chi connectivity index (χ2v) is 2.74. The summed E-state index contributed by atoms with van der Waals surface area (Å²) in [5.74, 6) is -0.176. The molecule has 1 aromatic rings. The van der Waals surface area contributed by atoms with E-state index in [4.69, 9.17) is 4.74 Å². The molecular formula is C8H8F2N2O3. The van der Waals surface area contributed by atoms with Crippen molar-refractivity contribution in [1.82, 2.24) is 4.98 Å². The average molecular weight is 218 g/mol. The number of ether oxygens (including phenoxy) is 1. The molecule has 0 amide bonds. The van der Waals surface area contributed by atoms with Crippen LogP contribution in [0.2, 0.25) is 0 Å². The van der Waals surface area contributed by atoms with E-state index in [0.717, 1.165) is 6.20 Å². The summed E-state index contributed by atoms with van der Waals surface area (Å²) in [5, 5.41) is 10.5. The van der Waals surface area contributed by atoms with Crippen LogP contribution in [-0.2, 0) is 0 Å². The number of halogens is 2. The van der Waals surface area contributed by atoms with E-state index >= 15 is 0 Å². The number of nitro groups is 1. The predicted molar refractivity (Wildman–Crippen MR) is 47.1 cm³/mol. The fraction of sp³-hybridized carbons (Fsp3) is 0.375. The molecule has 1 rings (SSSR count). The highest BCUT2D eigenvalue weighted by molar-refractivity contribution is 5.51. The number of aromatic nitrogens is 1. The van der Waals surface area contributed by atoms with Crippen molar-refractivity contribution in [2.45, 2.75) is 13.3 Å². The molecule has 0 saturated carbocycles. The van der Waals surface area contributed by atoms with Crippen LogP contribution in [0.4, 0.5) is 14.5 Å². The molecule has 0 bridgehead atoms. The lowest BCUT2D eigenvalue weighted by atomic mass is 10.2. The third-order valence-corrected chi connectivity index (χ3v) is 1.89. The Bertz CT molecular complexity index is 396. The van der Waals surface area contributed by atoms with Gasteiger partial charge >= 0.3 is 5.69 Å². The van der Waals surface area contributed by atoms with Crippen molar-refractivity contribution in [3.05, 3.63) is 27.6 Å². The van der Waals surface area contributed by atoms with E-state index in [1.54, 1.807) is 0 Å². The molecular weight excluding hydrogens is 210 g/mol. The summed E-state index contributed by atoms with van der Waals surface area (Å²) in [6.45, 7) is 1.31. The van der Waals surface area contributed by atoms with Crippen molar-refractivity contribution < 1.29 is 18.4 Å². The number of nitrogens with zero attached hydrogens (tertiary/aromatic N) is 2. The Morgan fingerprint density at radius 1 is 1.60 bits per heavy atom. The van der Waals surface area contributed by atoms with Gasteiger partial charge in [-0.1, -0.05) is 0 Å². The van der Waals surface area contributed by atoms with E-state index < -0.39 is 22.7 Å². The fourth-order valence-electron chi connectivity index (χ4n) is 1.20. The maximum absolute atomic E-state index is 12.4. The predicted octanol–water partition coefficient (Wildman–Crippen LogP) is 2.24. The second kappa shape index (κ2) is 4.16. The van der Waals surface area contributed by atoms with Gasteiger partial charge in [-0.05, 0) is 6.92 Å². The summed E-state index contributed by atoms with van der Waals surface area (Å²) in [6.07, 6.45) is -2.01. The lowest BCUT2D eigenvalue weighted by molar-refractivity contribution is -0.386. The summed E-state index contributed by atoms with van der Waals surface area (Å²) in [4.78, 5) is 13.1. The first-order valence-corrected chi connectivity index (χ1v) is 3.95. The van der Waals surface area contributed by atoms with Gasteiger partial charge in [0, 0.05) is 5.56 Å². The Balaban J connectivity index is 3.39. The van der Waals surface area contributed by atoms with Crippen LogP contribution < -0.4 is 4.74 Å². The van der Waals surface area contributed by atoms with Gasteiger partial charge in [-0.2, -0.15) is 0 Å². The van der Waals surface area contributed by atoms with Crippen LogP contribution in [0.1, 0.15) is 17.7 Å². The van der Waals surface area contributed by atoms with Crippen LogP contribution in [-0.4, -0.2) is 17.0 Å². The first-order valence-electron chi connectivity index (χ1n) is 3.95. The molecule has 0 aliphatic rings. The quantitative estimate of drug-likeness (QED) is 0.576. The second-order valence-electron chi connectivity index (χ2n) is 2.74. The Hall–Kier alpha value is -1.79. The molecule has 0 atom stereocenters. The van der Waals surface area contributed by atoms with Gasteiger partial charge in [0.15, 0.2) is 0 Å². The van der Waals surface area contributed by atoms with Gasteiger partial charge in [-0.15, -0.1) is 0 Å². The van der Waals surface area contributed by atoms with Crippen molar-refractivity contribution in [2.75, 3.05) is 7.11 Å². The van der Waals surface area contributed by atoms with E-state index in [0.29, 0.717) is 0 Å². The summed E-state index contributed by atoms with van der Waals surface area (Å²) >= 11 is 0. The lowest BCUT2D eigenvalue weighted by Crippen LogP contribution is -2.02. The molecule has 15 heavy (non-hydrogen) atoms. The van der Waals surface area contributed by atoms with Crippen LogP contribution >= 0.6 is 0 Å². The topological polar surface area (TPSA) is 65.3 Å². The van der Waals surface area contributed by atoms with Crippen molar-refractivity contribution in [3.63, 3.8) is 0 Å². The van der Waals surface area contributed by atoms with E-state index in [1.807, 2.05) is 0 Å². The highest BCUT2D eigenvalue weighted by atomic mass is 19.3. The molecule has 0 aromatic carbocycles.